The quantitative estimate of drug-likeness (QED) is 0.434. The summed E-state index contributed by atoms with van der Waals surface area (Å²) in [5.74, 6) is 0.890. The van der Waals surface area contributed by atoms with Crippen molar-refractivity contribution in [1.82, 2.24) is 0 Å². The summed E-state index contributed by atoms with van der Waals surface area (Å²) in [7, 11) is 3.66. The van der Waals surface area contributed by atoms with Gasteiger partial charge in [0, 0.05) is 37.8 Å². The largest absolute Gasteiger partial charge is 0.370 e. The van der Waals surface area contributed by atoms with Gasteiger partial charge >= 0.3 is 0 Å². The molecule has 2 aromatic rings. The van der Waals surface area contributed by atoms with Crippen LogP contribution in [0.2, 0.25) is 10.0 Å². The topological polar surface area (TPSA) is 45.1 Å². The Morgan fingerprint density at radius 1 is 1.04 bits per heavy atom. The molecule has 0 radical (unpaired) electrons. The van der Waals surface area contributed by atoms with Crippen molar-refractivity contribution in [1.29, 1.82) is 0 Å². The fourth-order valence-corrected chi connectivity index (χ4v) is 2.41. The van der Waals surface area contributed by atoms with Gasteiger partial charge in [-0.15, -0.1) is 5.06 Å². The van der Waals surface area contributed by atoms with Crippen LogP contribution in [-0.2, 0) is 4.79 Å². The highest BCUT2D eigenvalue weighted by atomic mass is 35.5. The van der Waals surface area contributed by atoms with Crippen LogP contribution in [0.5, 0.6) is 5.75 Å². The number of aliphatic imine (C=N–C) groups is 1. The lowest BCUT2D eigenvalue weighted by Crippen LogP contribution is -2.32. The van der Waals surface area contributed by atoms with E-state index < -0.39 is 0 Å². The first-order chi connectivity index (χ1) is 11.8. The second-order valence-corrected chi connectivity index (χ2v) is 6.17. The fraction of sp³-hybridized carbons (Fsp3) is 0.222. The van der Waals surface area contributed by atoms with Gasteiger partial charge in [-0.2, -0.15) is 0 Å². The Morgan fingerprint density at radius 2 is 1.64 bits per heavy atom. The van der Waals surface area contributed by atoms with E-state index in [1.807, 2.05) is 31.0 Å². The first-order valence-electron chi connectivity index (χ1n) is 7.54. The molecule has 0 spiro atoms. The molecule has 0 saturated carbocycles. The minimum atomic E-state index is -0.288. The number of amides is 1. The fourth-order valence-electron chi connectivity index (χ4n) is 2.09. The Hall–Kier alpha value is -2.24. The van der Waals surface area contributed by atoms with E-state index in [2.05, 4.69) is 4.99 Å². The van der Waals surface area contributed by atoms with Crippen molar-refractivity contribution in [3.8, 4) is 5.75 Å². The molecule has 0 atom stereocenters. The van der Waals surface area contributed by atoms with E-state index in [0.29, 0.717) is 21.5 Å². The standard InChI is InChI=1S/C18H19Cl2N3O2/c1-12(21-3)22(4)15-6-8-16(9-7-15)23(13(2)24)25-18-11-14(19)5-10-17(18)20/h5-11H,1-4H3. The minimum absolute atomic E-state index is 0.288. The van der Waals surface area contributed by atoms with Crippen LogP contribution in [0, 0.1) is 0 Å². The average Bonchev–Trinajstić information content (AvgIpc) is 2.61. The van der Waals surface area contributed by atoms with Gasteiger partial charge in [-0.25, -0.2) is 0 Å². The van der Waals surface area contributed by atoms with E-state index in [1.165, 1.54) is 12.0 Å². The SMILES string of the molecule is CN=C(C)N(C)c1ccc(N(Oc2cc(Cl)ccc2Cl)C(C)=O)cc1. The molecule has 132 valence electrons. The zero-order valence-electron chi connectivity index (χ0n) is 14.5. The van der Waals surface area contributed by atoms with Crippen molar-refractivity contribution >= 4 is 46.3 Å². The molecule has 0 heterocycles. The predicted octanol–water partition coefficient (Wildman–Crippen LogP) is 4.82. The maximum Gasteiger partial charge on any atom is 0.256 e. The van der Waals surface area contributed by atoms with E-state index in [1.54, 1.807) is 37.4 Å². The first-order valence-corrected chi connectivity index (χ1v) is 8.30. The summed E-state index contributed by atoms with van der Waals surface area (Å²) in [5.41, 5.74) is 1.52. The van der Waals surface area contributed by atoms with E-state index in [4.69, 9.17) is 28.0 Å². The third kappa shape index (κ3) is 4.65. The van der Waals surface area contributed by atoms with Gasteiger partial charge in [0.05, 0.1) is 16.5 Å². The van der Waals surface area contributed by atoms with Crippen molar-refractivity contribution < 1.29 is 9.63 Å². The van der Waals surface area contributed by atoms with Crippen molar-refractivity contribution in [3.63, 3.8) is 0 Å². The van der Waals surface area contributed by atoms with Crippen molar-refractivity contribution in [3.05, 3.63) is 52.5 Å². The molecule has 0 aliphatic carbocycles. The van der Waals surface area contributed by atoms with E-state index >= 15 is 0 Å². The Kier molecular flexibility index (Phi) is 6.28. The molecule has 2 aromatic carbocycles. The van der Waals surface area contributed by atoms with Gasteiger partial charge in [0.25, 0.3) is 5.91 Å². The Morgan fingerprint density at radius 3 is 2.20 bits per heavy atom. The molecule has 2 rings (SSSR count). The molecule has 1 amide bonds. The number of hydrogen-bond acceptors (Lipinski definition) is 3. The Labute approximate surface area is 157 Å². The van der Waals surface area contributed by atoms with Gasteiger partial charge in [-0.3, -0.25) is 9.79 Å². The van der Waals surface area contributed by atoms with Crippen LogP contribution in [-0.4, -0.2) is 25.8 Å². The minimum Gasteiger partial charge on any atom is -0.370 e. The van der Waals surface area contributed by atoms with Crippen LogP contribution in [0.25, 0.3) is 0 Å². The summed E-state index contributed by atoms with van der Waals surface area (Å²) in [6.45, 7) is 3.33. The molecule has 25 heavy (non-hydrogen) atoms. The first kappa shape index (κ1) is 19.1. The average molecular weight is 380 g/mol. The number of anilines is 2. The van der Waals surface area contributed by atoms with Gasteiger partial charge in [-0.05, 0) is 43.3 Å². The highest BCUT2D eigenvalue weighted by Gasteiger charge is 2.16. The summed E-state index contributed by atoms with van der Waals surface area (Å²) in [6.07, 6.45) is 0. The zero-order chi connectivity index (χ0) is 18.6. The highest BCUT2D eigenvalue weighted by molar-refractivity contribution is 6.34. The van der Waals surface area contributed by atoms with Crippen LogP contribution in [0.4, 0.5) is 11.4 Å². The van der Waals surface area contributed by atoms with E-state index in [0.717, 1.165) is 11.5 Å². The lowest BCUT2D eigenvalue weighted by Gasteiger charge is -2.23. The van der Waals surface area contributed by atoms with Crippen molar-refractivity contribution in [2.45, 2.75) is 13.8 Å². The molecular formula is C18H19Cl2N3O2. The smallest absolute Gasteiger partial charge is 0.256 e. The number of carbonyl (C=O) groups is 1. The number of halogens is 2. The molecule has 7 heteroatoms. The van der Waals surface area contributed by atoms with Gasteiger partial charge in [0.15, 0.2) is 5.75 Å². The molecule has 0 aromatic heterocycles. The molecule has 0 aliphatic rings. The number of benzene rings is 2. The summed E-state index contributed by atoms with van der Waals surface area (Å²) >= 11 is 12.1. The van der Waals surface area contributed by atoms with Crippen molar-refractivity contribution in [2.75, 3.05) is 24.1 Å². The lowest BCUT2D eigenvalue weighted by molar-refractivity contribution is -0.120. The third-order valence-corrected chi connectivity index (χ3v) is 4.20. The normalized spacial score (nSPS) is 11.2. The summed E-state index contributed by atoms with van der Waals surface area (Å²) in [5, 5.41) is 2.00. The van der Waals surface area contributed by atoms with Crippen LogP contribution < -0.4 is 14.8 Å². The molecule has 0 saturated heterocycles. The van der Waals surface area contributed by atoms with Crippen molar-refractivity contribution in [2.24, 2.45) is 4.99 Å². The molecule has 0 bridgehead atoms. The molecule has 0 N–H and O–H groups in total. The monoisotopic (exact) mass is 379 g/mol. The maximum atomic E-state index is 12.0. The van der Waals surface area contributed by atoms with E-state index in [9.17, 15) is 4.79 Å². The van der Waals surface area contributed by atoms with Crippen LogP contribution in [0.3, 0.4) is 0 Å². The molecule has 0 fully saturated rings. The number of rotatable bonds is 4. The van der Waals surface area contributed by atoms with E-state index in [-0.39, 0.29) is 5.91 Å². The molecule has 0 unspecified atom stereocenters. The number of hydrogen-bond donors (Lipinski definition) is 0. The summed E-state index contributed by atoms with van der Waals surface area (Å²) in [4.78, 5) is 23.8. The van der Waals surface area contributed by atoms with Gasteiger partial charge < -0.3 is 9.74 Å². The Balaban J connectivity index is 2.29. The van der Waals surface area contributed by atoms with Crippen LogP contribution >= 0.6 is 23.2 Å². The van der Waals surface area contributed by atoms with Crippen LogP contribution in [0.15, 0.2) is 47.5 Å². The number of nitrogens with zero attached hydrogens (tertiary/aromatic N) is 3. The van der Waals surface area contributed by atoms with Gasteiger partial charge in [-0.1, -0.05) is 23.2 Å². The van der Waals surface area contributed by atoms with Gasteiger partial charge in [0.2, 0.25) is 0 Å². The third-order valence-electron chi connectivity index (χ3n) is 3.65. The van der Waals surface area contributed by atoms with Gasteiger partial charge in [0.1, 0.15) is 0 Å². The zero-order valence-corrected chi connectivity index (χ0v) is 16.0. The summed E-state index contributed by atoms with van der Waals surface area (Å²) in [6, 6.07) is 12.2. The second-order valence-electron chi connectivity index (χ2n) is 5.33. The lowest BCUT2D eigenvalue weighted by atomic mass is 10.2. The molecule has 5 nitrogen and oxygen atoms in total. The number of amidine groups is 1. The molecular weight excluding hydrogens is 361 g/mol. The number of carbonyl (C=O) groups excluding carboxylic acids is 1. The maximum absolute atomic E-state index is 12.0. The Bertz CT molecular complexity index is 791. The summed E-state index contributed by atoms with van der Waals surface area (Å²) < 4.78 is 0. The number of hydroxylamine groups is 1. The predicted molar refractivity (Wildman–Crippen MR) is 104 cm³/mol. The second kappa shape index (κ2) is 8.23. The molecule has 0 aliphatic heterocycles. The highest BCUT2D eigenvalue weighted by Crippen LogP contribution is 2.30. The van der Waals surface area contributed by atoms with Crippen LogP contribution in [0.1, 0.15) is 13.8 Å².